The number of carbonyl (C=O) groups is 11. The van der Waals surface area contributed by atoms with E-state index in [0.29, 0.717) is 29.5 Å². The number of benzene rings is 4. The second-order valence-electron chi connectivity index (χ2n) is 22.6. The molecule has 26 nitrogen and oxygen atoms in total. The van der Waals surface area contributed by atoms with Gasteiger partial charge in [0.05, 0.1) is 6.04 Å². The number of amides is 10. The third kappa shape index (κ3) is 20.3. The van der Waals surface area contributed by atoms with Gasteiger partial charge in [-0.1, -0.05) is 80.6 Å². The summed E-state index contributed by atoms with van der Waals surface area (Å²) >= 11 is 0. The molecule has 88 heavy (non-hydrogen) atoms. The first-order valence-corrected chi connectivity index (χ1v) is 29.2. The van der Waals surface area contributed by atoms with Crippen molar-refractivity contribution < 1.29 is 73.2 Å². The van der Waals surface area contributed by atoms with E-state index in [1.54, 1.807) is 26.0 Å². The van der Waals surface area contributed by atoms with Crippen LogP contribution in [0.1, 0.15) is 93.9 Å². The fourth-order valence-electron chi connectivity index (χ4n) is 10.6. The molecule has 2 saturated heterocycles. The van der Waals surface area contributed by atoms with E-state index in [1.165, 1.54) is 82.6 Å². The van der Waals surface area contributed by atoms with Gasteiger partial charge in [0.2, 0.25) is 59.1 Å². The minimum Gasteiger partial charge on any atom is -0.508 e. The van der Waals surface area contributed by atoms with Gasteiger partial charge >= 0.3 is 5.97 Å². The van der Waals surface area contributed by atoms with E-state index >= 15 is 0 Å². The van der Waals surface area contributed by atoms with E-state index in [2.05, 4.69) is 31.9 Å². The van der Waals surface area contributed by atoms with E-state index in [0.717, 1.165) is 5.56 Å². The molecule has 0 spiro atoms. The number of phenolic OH excluding ortho intramolecular Hbond substituents is 3. The molecule has 472 valence electrons. The van der Waals surface area contributed by atoms with Crippen LogP contribution in [0.4, 0.5) is 0 Å². The van der Waals surface area contributed by atoms with Crippen molar-refractivity contribution in [2.75, 3.05) is 13.1 Å². The van der Waals surface area contributed by atoms with Crippen molar-refractivity contribution in [3.05, 3.63) is 125 Å². The smallest absolute Gasteiger partial charge is 0.326 e. The number of hydrogen-bond donors (Lipinski definition) is 13. The lowest BCUT2D eigenvalue weighted by Crippen LogP contribution is -2.61. The normalized spacial score (nSPS) is 17.0. The molecule has 0 unspecified atom stereocenters. The van der Waals surface area contributed by atoms with Gasteiger partial charge in [-0.25, -0.2) is 4.79 Å². The van der Waals surface area contributed by atoms with E-state index < -0.39 is 132 Å². The Morgan fingerprint density at radius 3 is 1.28 bits per heavy atom. The molecule has 2 aliphatic rings. The van der Waals surface area contributed by atoms with Gasteiger partial charge in [0.25, 0.3) is 0 Å². The van der Waals surface area contributed by atoms with E-state index in [4.69, 9.17) is 17.2 Å². The monoisotopic (exact) mass is 1220 g/mol. The molecule has 0 saturated carbocycles. The minimum atomic E-state index is -1.61. The highest BCUT2D eigenvalue weighted by molar-refractivity contribution is 5.99. The molecular weight excluding hydrogens is 1140 g/mol. The van der Waals surface area contributed by atoms with Gasteiger partial charge < -0.3 is 79.3 Å². The van der Waals surface area contributed by atoms with Crippen LogP contribution in [-0.2, 0) is 78.4 Å². The van der Waals surface area contributed by atoms with Crippen molar-refractivity contribution in [2.45, 2.75) is 152 Å². The molecule has 0 bridgehead atoms. The van der Waals surface area contributed by atoms with Crippen molar-refractivity contribution >= 4 is 65.0 Å². The number of hydrogen-bond acceptors (Lipinski definition) is 15. The molecule has 0 radical (unpaired) electrons. The van der Waals surface area contributed by atoms with Crippen molar-refractivity contribution in [3.63, 3.8) is 0 Å². The lowest BCUT2D eigenvalue weighted by molar-refractivity contribution is -0.145. The van der Waals surface area contributed by atoms with Crippen LogP contribution in [-0.4, -0.2) is 163 Å². The number of primary amides is 2. The number of carboxylic acids is 1. The largest absolute Gasteiger partial charge is 0.508 e. The summed E-state index contributed by atoms with van der Waals surface area (Å²) < 4.78 is 0. The Kier molecular flexibility index (Phi) is 24.7. The molecule has 9 atom stereocenters. The first-order valence-electron chi connectivity index (χ1n) is 29.2. The second-order valence-corrected chi connectivity index (χ2v) is 22.6. The molecule has 2 heterocycles. The fraction of sp³-hybridized carbons (Fsp3) is 0.435. The standard InChI is InChI=1S/C62H79N11O15/c1-35(2)30-46(68-57(82)47(32-37-12-18-40(74)19-13-37)69-54(79)45(25-27-53(65)78)67-58(83)50-10-6-28-72(50)60(85)43(63)31-36-8-4-3-5-9-36)56(81)66-44(24-26-52(64)77)55(80)70-48(33-38-14-20-41(75)21-15-38)61(86)73-29-7-11-51(73)59(84)71-49(62(87)88)34-39-16-22-42(76)23-17-39/h3-5,8-9,12-23,35,43-51,74-76H,6-7,10-11,24-34,63H2,1-2H3,(H2,64,77)(H2,65,78)(H,66,81)(H,67,83)(H,68,82)(H,69,79)(H,70,80)(H,71,84)(H,87,88)/t43-,44-,45-,46-,47-,48-,49-,50-,51-/m0/s1. The highest BCUT2D eigenvalue weighted by Crippen LogP contribution is 2.24. The number of rotatable bonds is 31. The molecule has 4 aromatic carbocycles. The number of aliphatic carboxylic acids is 1. The lowest BCUT2D eigenvalue weighted by Gasteiger charge is -2.31. The summed E-state index contributed by atoms with van der Waals surface area (Å²) in [6, 6.07) is 14.0. The summed E-state index contributed by atoms with van der Waals surface area (Å²) in [4.78, 5) is 154. The zero-order chi connectivity index (χ0) is 64.2. The third-order valence-electron chi connectivity index (χ3n) is 15.2. The van der Waals surface area contributed by atoms with Gasteiger partial charge in [-0.05, 0) is 116 Å². The molecule has 0 aliphatic carbocycles. The number of nitrogens with two attached hydrogens (primary N) is 3. The fourth-order valence-corrected chi connectivity index (χ4v) is 10.6. The van der Waals surface area contributed by atoms with Crippen LogP contribution in [0.3, 0.4) is 0 Å². The Bertz CT molecular complexity index is 3110. The third-order valence-corrected chi connectivity index (χ3v) is 15.2. The van der Waals surface area contributed by atoms with Crippen LogP contribution < -0.4 is 49.1 Å². The molecule has 4 aromatic rings. The molecule has 16 N–H and O–H groups in total. The van der Waals surface area contributed by atoms with Gasteiger partial charge in [0.15, 0.2) is 0 Å². The lowest BCUT2D eigenvalue weighted by atomic mass is 9.99. The first kappa shape index (κ1) is 67.5. The van der Waals surface area contributed by atoms with Crippen LogP contribution in [0, 0.1) is 5.92 Å². The molecule has 2 fully saturated rings. The van der Waals surface area contributed by atoms with Gasteiger partial charge in [-0.15, -0.1) is 0 Å². The van der Waals surface area contributed by atoms with Crippen LogP contribution >= 0.6 is 0 Å². The number of carbonyl (C=O) groups excluding carboxylic acids is 10. The van der Waals surface area contributed by atoms with Crippen molar-refractivity contribution in [3.8, 4) is 17.2 Å². The molecule has 10 amide bonds. The molecule has 2 aliphatic heterocycles. The maximum atomic E-state index is 14.7. The number of phenols is 3. The maximum Gasteiger partial charge on any atom is 0.326 e. The maximum absolute atomic E-state index is 14.7. The van der Waals surface area contributed by atoms with Crippen molar-refractivity contribution in [1.29, 1.82) is 0 Å². The summed E-state index contributed by atoms with van der Waals surface area (Å²) in [7, 11) is 0. The second kappa shape index (κ2) is 32.2. The molecule has 6 rings (SSSR count). The Morgan fingerprint density at radius 2 is 0.830 bits per heavy atom. The molecule has 26 heteroatoms. The molecule has 0 aromatic heterocycles. The topological polar surface area (TPSA) is 425 Å². The van der Waals surface area contributed by atoms with E-state index in [9.17, 15) is 73.2 Å². The van der Waals surface area contributed by atoms with Crippen molar-refractivity contribution in [1.82, 2.24) is 41.7 Å². The average Bonchev–Trinajstić information content (AvgIpc) is 2.41. The van der Waals surface area contributed by atoms with Gasteiger partial charge in [0.1, 0.15) is 65.6 Å². The summed E-state index contributed by atoms with van der Waals surface area (Å²) in [5, 5.41) is 55.7. The van der Waals surface area contributed by atoms with Crippen molar-refractivity contribution in [2.24, 2.45) is 23.1 Å². The quantitative estimate of drug-likeness (QED) is 0.0314. The van der Waals surface area contributed by atoms with E-state index in [-0.39, 0.29) is 94.0 Å². The average molecular weight is 1220 g/mol. The van der Waals surface area contributed by atoms with Crippen LogP contribution in [0.25, 0.3) is 0 Å². The van der Waals surface area contributed by atoms with Crippen LogP contribution in [0.15, 0.2) is 103 Å². The summed E-state index contributed by atoms with van der Waals surface area (Å²) in [5.74, 6) is -10.1. The number of likely N-dealkylation sites (tertiary alicyclic amines) is 2. The predicted octanol–water partition coefficient (Wildman–Crippen LogP) is -0.0462. The minimum absolute atomic E-state index is 0.0245. The first-order chi connectivity index (χ1) is 41.8. The van der Waals surface area contributed by atoms with Gasteiger partial charge in [-0.3, -0.25) is 47.9 Å². The summed E-state index contributed by atoms with van der Waals surface area (Å²) in [5.41, 5.74) is 19.6. The predicted molar refractivity (Wildman–Crippen MR) is 319 cm³/mol. The van der Waals surface area contributed by atoms with E-state index in [1.807, 2.05) is 18.2 Å². The van der Waals surface area contributed by atoms with Gasteiger partial charge in [0, 0.05) is 45.2 Å². The van der Waals surface area contributed by atoms with Crippen LogP contribution in [0.2, 0.25) is 0 Å². The Labute approximate surface area is 508 Å². The molecular formula is C62H79N11O15. The number of nitrogens with one attached hydrogen (secondary N) is 6. The zero-order valence-electron chi connectivity index (χ0n) is 49.1. The Hall–Kier alpha value is -9.59. The Balaban J connectivity index is 1.22. The van der Waals surface area contributed by atoms with Gasteiger partial charge in [-0.2, -0.15) is 0 Å². The summed E-state index contributed by atoms with van der Waals surface area (Å²) in [6.07, 6.45) is -0.944. The number of nitrogens with zero attached hydrogens (tertiary/aromatic N) is 2. The number of aromatic hydroxyl groups is 3. The van der Waals surface area contributed by atoms with Crippen LogP contribution in [0.5, 0.6) is 17.2 Å². The SMILES string of the molecule is CC(C)C[C@H](NC(=O)[C@H](Cc1ccc(O)cc1)NC(=O)[C@H](CCC(N)=O)NC(=O)[C@@H]1CCCN1C(=O)[C@@H](N)Cc1ccccc1)C(=O)N[C@@H](CCC(N)=O)C(=O)N[C@@H](Cc1ccc(O)cc1)C(=O)N1CCC[C@H]1C(=O)N[C@@H](Cc1ccc(O)cc1)C(=O)O. The number of carboxylic acid groups (broad SMARTS) is 1. The Morgan fingerprint density at radius 1 is 0.466 bits per heavy atom. The zero-order valence-corrected chi connectivity index (χ0v) is 49.1. The summed E-state index contributed by atoms with van der Waals surface area (Å²) in [6.45, 7) is 3.71. The highest BCUT2D eigenvalue weighted by atomic mass is 16.4. The highest BCUT2D eigenvalue weighted by Gasteiger charge is 2.42.